The van der Waals surface area contributed by atoms with Gasteiger partial charge in [-0.25, -0.2) is 9.78 Å². The zero-order valence-corrected chi connectivity index (χ0v) is 10.9. The van der Waals surface area contributed by atoms with Crippen molar-refractivity contribution in [3.63, 3.8) is 0 Å². The van der Waals surface area contributed by atoms with Crippen LogP contribution in [-0.2, 0) is 18.2 Å². The molecule has 0 radical (unpaired) electrons. The molecular formula is C13H17N3O2. The Kier molecular flexibility index (Phi) is 3.50. The number of carbonyl (C=O) groups is 1. The van der Waals surface area contributed by atoms with E-state index in [2.05, 4.69) is 27.9 Å². The smallest absolute Gasteiger partial charge is 0.409 e. The van der Waals surface area contributed by atoms with Gasteiger partial charge in [0.2, 0.25) is 0 Å². The Morgan fingerprint density at radius 3 is 3.00 bits per heavy atom. The summed E-state index contributed by atoms with van der Waals surface area (Å²) in [6, 6.07) is 6.17. The predicted octanol–water partition coefficient (Wildman–Crippen LogP) is 1.81. The lowest BCUT2D eigenvalue weighted by molar-refractivity contribution is 0.134. The van der Waals surface area contributed by atoms with E-state index in [1.54, 1.807) is 18.3 Å². The van der Waals surface area contributed by atoms with Crippen LogP contribution in [0.2, 0.25) is 0 Å². The summed E-state index contributed by atoms with van der Waals surface area (Å²) in [5.41, 5.74) is 3.26. The average Bonchev–Trinajstić information content (AvgIpc) is 2.76. The van der Waals surface area contributed by atoms with Crippen molar-refractivity contribution in [3.05, 3.63) is 30.1 Å². The summed E-state index contributed by atoms with van der Waals surface area (Å²) in [6.07, 6.45) is 2.28. The highest BCUT2D eigenvalue weighted by Gasteiger charge is 2.08. The zero-order chi connectivity index (χ0) is 13.1. The van der Waals surface area contributed by atoms with E-state index in [1.807, 2.05) is 11.6 Å². The van der Waals surface area contributed by atoms with Crippen LogP contribution in [0.5, 0.6) is 0 Å². The number of hydrogen-bond donors (Lipinski definition) is 0. The SMILES string of the molecule is COC(=O)N(C)CCc1ccc2c(c1)ncn2C. The number of nitrogens with zero attached hydrogens (tertiary/aromatic N) is 3. The molecule has 0 atom stereocenters. The number of methoxy groups -OCH3 is 1. The highest BCUT2D eigenvalue weighted by Crippen LogP contribution is 2.14. The first-order chi connectivity index (χ1) is 8.61. The van der Waals surface area contributed by atoms with Gasteiger partial charge < -0.3 is 14.2 Å². The molecule has 0 N–H and O–H groups in total. The van der Waals surface area contributed by atoms with Crippen LogP contribution in [0.4, 0.5) is 4.79 Å². The molecule has 96 valence electrons. The van der Waals surface area contributed by atoms with Crippen molar-refractivity contribution in [2.24, 2.45) is 7.05 Å². The molecule has 1 aromatic carbocycles. The van der Waals surface area contributed by atoms with E-state index >= 15 is 0 Å². The fourth-order valence-electron chi connectivity index (χ4n) is 1.88. The maximum Gasteiger partial charge on any atom is 0.409 e. The van der Waals surface area contributed by atoms with Gasteiger partial charge in [-0.15, -0.1) is 0 Å². The van der Waals surface area contributed by atoms with E-state index in [0.29, 0.717) is 6.54 Å². The number of imidazole rings is 1. The Bertz CT molecular complexity index is 562. The van der Waals surface area contributed by atoms with Crippen LogP contribution in [-0.4, -0.2) is 41.2 Å². The number of ether oxygens (including phenoxy) is 1. The molecule has 0 aliphatic rings. The number of benzene rings is 1. The molecule has 5 heteroatoms. The standard InChI is InChI=1S/C13H17N3O2/c1-15(13(17)18-3)7-6-10-4-5-12-11(8-10)14-9-16(12)2/h4-5,8-9H,6-7H2,1-3H3. The van der Waals surface area contributed by atoms with Gasteiger partial charge in [0, 0.05) is 20.6 Å². The molecule has 0 saturated carbocycles. The number of fused-ring (bicyclic) bond motifs is 1. The number of aryl methyl sites for hydroxylation is 1. The van der Waals surface area contributed by atoms with Gasteiger partial charge in [-0.2, -0.15) is 0 Å². The molecule has 1 aromatic heterocycles. The van der Waals surface area contributed by atoms with Crippen molar-refractivity contribution in [2.45, 2.75) is 6.42 Å². The molecule has 18 heavy (non-hydrogen) atoms. The van der Waals surface area contributed by atoms with E-state index in [9.17, 15) is 4.79 Å². The molecule has 0 unspecified atom stereocenters. The molecule has 0 spiro atoms. The van der Waals surface area contributed by atoms with E-state index in [4.69, 9.17) is 0 Å². The van der Waals surface area contributed by atoms with Gasteiger partial charge in [-0.05, 0) is 24.1 Å². The van der Waals surface area contributed by atoms with Crippen LogP contribution in [0.1, 0.15) is 5.56 Å². The fraction of sp³-hybridized carbons (Fsp3) is 0.385. The average molecular weight is 247 g/mol. The third-order valence-electron chi connectivity index (χ3n) is 3.01. The Morgan fingerprint density at radius 1 is 1.50 bits per heavy atom. The summed E-state index contributed by atoms with van der Waals surface area (Å²) >= 11 is 0. The van der Waals surface area contributed by atoms with Crippen molar-refractivity contribution in [3.8, 4) is 0 Å². The van der Waals surface area contributed by atoms with Gasteiger partial charge in [0.25, 0.3) is 0 Å². The molecule has 1 heterocycles. The number of likely N-dealkylation sites (N-methyl/N-ethyl adjacent to an activating group) is 1. The molecule has 2 rings (SSSR count). The normalized spacial score (nSPS) is 10.6. The van der Waals surface area contributed by atoms with Gasteiger partial charge in [-0.1, -0.05) is 6.07 Å². The third kappa shape index (κ3) is 2.45. The Labute approximate surface area is 106 Å². The third-order valence-corrected chi connectivity index (χ3v) is 3.01. The number of carbonyl (C=O) groups excluding carboxylic acids is 1. The molecular weight excluding hydrogens is 230 g/mol. The van der Waals surface area contributed by atoms with Crippen LogP contribution in [0.15, 0.2) is 24.5 Å². The van der Waals surface area contributed by atoms with E-state index in [-0.39, 0.29) is 6.09 Å². The molecule has 0 fully saturated rings. The lowest BCUT2D eigenvalue weighted by atomic mass is 10.1. The minimum absolute atomic E-state index is 0.311. The largest absolute Gasteiger partial charge is 0.453 e. The maximum atomic E-state index is 11.2. The monoisotopic (exact) mass is 247 g/mol. The van der Waals surface area contributed by atoms with Crippen molar-refractivity contribution in [1.82, 2.24) is 14.5 Å². The summed E-state index contributed by atoms with van der Waals surface area (Å²) in [6.45, 7) is 0.630. The van der Waals surface area contributed by atoms with Crippen molar-refractivity contribution in [2.75, 3.05) is 20.7 Å². The number of rotatable bonds is 3. The lowest BCUT2D eigenvalue weighted by Crippen LogP contribution is -2.28. The van der Waals surface area contributed by atoms with Crippen molar-refractivity contribution in [1.29, 1.82) is 0 Å². The van der Waals surface area contributed by atoms with Crippen LogP contribution >= 0.6 is 0 Å². The summed E-state index contributed by atoms with van der Waals surface area (Å²) in [7, 11) is 5.09. The van der Waals surface area contributed by atoms with Crippen LogP contribution in [0.25, 0.3) is 11.0 Å². The highest BCUT2D eigenvalue weighted by atomic mass is 16.5. The Hall–Kier alpha value is -2.04. The molecule has 0 aliphatic heterocycles. The molecule has 5 nitrogen and oxygen atoms in total. The van der Waals surface area contributed by atoms with Gasteiger partial charge in [0.15, 0.2) is 0 Å². The summed E-state index contributed by atoms with van der Waals surface area (Å²) < 4.78 is 6.63. The maximum absolute atomic E-state index is 11.2. The number of aromatic nitrogens is 2. The minimum atomic E-state index is -0.311. The Balaban J connectivity index is 2.06. The minimum Gasteiger partial charge on any atom is -0.453 e. The van der Waals surface area contributed by atoms with Crippen LogP contribution in [0, 0.1) is 0 Å². The second kappa shape index (κ2) is 5.08. The Morgan fingerprint density at radius 2 is 2.28 bits per heavy atom. The molecule has 0 bridgehead atoms. The van der Waals surface area contributed by atoms with Gasteiger partial charge >= 0.3 is 6.09 Å². The molecule has 1 amide bonds. The molecule has 2 aromatic rings. The van der Waals surface area contributed by atoms with Crippen LogP contribution < -0.4 is 0 Å². The van der Waals surface area contributed by atoms with Gasteiger partial charge in [0.05, 0.1) is 24.5 Å². The van der Waals surface area contributed by atoms with Gasteiger partial charge in [0.1, 0.15) is 0 Å². The van der Waals surface area contributed by atoms with E-state index < -0.39 is 0 Å². The zero-order valence-electron chi connectivity index (χ0n) is 10.9. The summed E-state index contributed by atoms with van der Waals surface area (Å²) in [4.78, 5) is 17.1. The summed E-state index contributed by atoms with van der Waals surface area (Å²) in [5, 5.41) is 0. The second-order valence-corrected chi connectivity index (χ2v) is 4.32. The van der Waals surface area contributed by atoms with Crippen molar-refractivity contribution >= 4 is 17.1 Å². The first-order valence-corrected chi connectivity index (χ1v) is 5.81. The number of amides is 1. The highest BCUT2D eigenvalue weighted by molar-refractivity contribution is 5.76. The molecule has 0 saturated heterocycles. The fourth-order valence-corrected chi connectivity index (χ4v) is 1.88. The first-order valence-electron chi connectivity index (χ1n) is 5.81. The quantitative estimate of drug-likeness (QED) is 0.831. The first kappa shape index (κ1) is 12.4. The van der Waals surface area contributed by atoms with Gasteiger partial charge in [-0.3, -0.25) is 0 Å². The van der Waals surface area contributed by atoms with Crippen molar-refractivity contribution < 1.29 is 9.53 Å². The molecule has 0 aliphatic carbocycles. The predicted molar refractivity (Wildman–Crippen MR) is 69.5 cm³/mol. The second-order valence-electron chi connectivity index (χ2n) is 4.32. The summed E-state index contributed by atoms with van der Waals surface area (Å²) in [5.74, 6) is 0. The topological polar surface area (TPSA) is 47.4 Å². The number of hydrogen-bond acceptors (Lipinski definition) is 3. The van der Waals surface area contributed by atoms with Crippen LogP contribution in [0.3, 0.4) is 0 Å². The van der Waals surface area contributed by atoms with E-state index in [1.165, 1.54) is 7.11 Å². The lowest BCUT2D eigenvalue weighted by Gasteiger charge is -2.15. The van der Waals surface area contributed by atoms with E-state index in [0.717, 1.165) is 23.0 Å².